The predicted molar refractivity (Wildman–Crippen MR) is 98.6 cm³/mol. The highest BCUT2D eigenvalue weighted by Crippen LogP contribution is 2.16. The zero-order chi connectivity index (χ0) is 18.1. The Morgan fingerprint density at radius 3 is 2.88 bits per heavy atom. The molecule has 1 heterocycles. The van der Waals surface area contributed by atoms with Crippen molar-refractivity contribution in [1.29, 1.82) is 0 Å². The van der Waals surface area contributed by atoms with Crippen LogP contribution in [0.25, 0.3) is 0 Å². The van der Waals surface area contributed by atoms with Gasteiger partial charge in [0.05, 0.1) is 19.3 Å². The smallest absolute Gasteiger partial charge is 0.317 e. The normalized spacial score (nSPS) is 17.2. The van der Waals surface area contributed by atoms with Gasteiger partial charge in [-0.1, -0.05) is 31.9 Å². The number of ether oxygens (including phenoxy) is 2. The first-order chi connectivity index (χ1) is 12.1. The van der Waals surface area contributed by atoms with Crippen molar-refractivity contribution >= 4 is 6.03 Å². The van der Waals surface area contributed by atoms with Gasteiger partial charge in [-0.2, -0.15) is 0 Å². The molecule has 1 saturated heterocycles. The highest BCUT2D eigenvalue weighted by atomic mass is 16.5. The molecule has 0 radical (unpaired) electrons. The third-order valence-corrected chi connectivity index (χ3v) is 4.17. The van der Waals surface area contributed by atoms with Crippen LogP contribution in [0.15, 0.2) is 24.3 Å². The Morgan fingerprint density at radius 1 is 1.44 bits per heavy atom. The van der Waals surface area contributed by atoms with E-state index in [-0.39, 0.29) is 18.7 Å². The molecule has 1 unspecified atom stereocenters. The number of hydrogen-bond donors (Lipinski definition) is 1. The first-order valence-corrected chi connectivity index (χ1v) is 8.87. The quantitative estimate of drug-likeness (QED) is 0.774. The summed E-state index contributed by atoms with van der Waals surface area (Å²) < 4.78 is 10.9. The standard InChI is InChI=1S/C20H28N2O3/c1-4-12-25-19-7-5-17(6-8-19)9-10-21-20(23)22-11-13-24-15-18(22)14-16(2)3/h1,5-8,16,18H,9-15H2,2-3H3,(H,21,23). The summed E-state index contributed by atoms with van der Waals surface area (Å²) in [7, 11) is 0. The summed E-state index contributed by atoms with van der Waals surface area (Å²) in [6.45, 7) is 7.11. The van der Waals surface area contributed by atoms with Crippen LogP contribution in [-0.4, -0.2) is 49.9 Å². The van der Waals surface area contributed by atoms with Crippen LogP contribution in [0.2, 0.25) is 0 Å². The average molecular weight is 344 g/mol. The predicted octanol–water partition coefficient (Wildman–Crippen LogP) is 2.70. The topological polar surface area (TPSA) is 50.8 Å². The first kappa shape index (κ1) is 19.1. The lowest BCUT2D eigenvalue weighted by molar-refractivity contribution is 0.00564. The van der Waals surface area contributed by atoms with Crippen molar-refractivity contribution in [2.75, 3.05) is 32.9 Å². The third-order valence-electron chi connectivity index (χ3n) is 4.17. The molecule has 0 aliphatic carbocycles. The number of urea groups is 1. The number of hydrogen-bond acceptors (Lipinski definition) is 3. The highest BCUT2D eigenvalue weighted by Gasteiger charge is 2.27. The van der Waals surface area contributed by atoms with Gasteiger partial charge in [0.25, 0.3) is 0 Å². The first-order valence-electron chi connectivity index (χ1n) is 8.87. The number of nitrogens with zero attached hydrogens (tertiary/aromatic N) is 1. The summed E-state index contributed by atoms with van der Waals surface area (Å²) in [6, 6.07) is 7.96. The molecular formula is C20H28N2O3. The lowest BCUT2D eigenvalue weighted by Crippen LogP contribution is -2.53. The van der Waals surface area contributed by atoms with E-state index >= 15 is 0 Å². The molecule has 5 heteroatoms. The largest absolute Gasteiger partial charge is 0.481 e. The van der Waals surface area contributed by atoms with Gasteiger partial charge in [-0.3, -0.25) is 0 Å². The third kappa shape index (κ3) is 6.32. The molecule has 0 aromatic heterocycles. The number of amides is 2. The maximum absolute atomic E-state index is 12.5. The highest BCUT2D eigenvalue weighted by molar-refractivity contribution is 5.74. The molecule has 25 heavy (non-hydrogen) atoms. The van der Waals surface area contributed by atoms with Crippen LogP contribution in [0.1, 0.15) is 25.8 Å². The summed E-state index contributed by atoms with van der Waals surface area (Å²) in [4.78, 5) is 14.4. The fourth-order valence-corrected chi connectivity index (χ4v) is 2.95. The van der Waals surface area contributed by atoms with Crippen molar-refractivity contribution in [1.82, 2.24) is 10.2 Å². The molecule has 5 nitrogen and oxygen atoms in total. The van der Waals surface area contributed by atoms with Crippen LogP contribution in [0.3, 0.4) is 0 Å². The molecule has 0 bridgehead atoms. The van der Waals surface area contributed by atoms with Crippen LogP contribution in [0.5, 0.6) is 5.75 Å². The van der Waals surface area contributed by atoms with Crippen molar-refractivity contribution < 1.29 is 14.3 Å². The summed E-state index contributed by atoms with van der Waals surface area (Å²) >= 11 is 0. The lowest BCUT2D eigenvalue weighted by atomic mass is 10.0. The number of carbonyl (C=O) groups is 1. The zero-order valence-corrected chi connectivity index (χ0v) is 15.2. The lowest BCUT2D eigenvalue weighted by Gasteiger charge is -2.36. The van der Waals surface area contributed by atoms with Gasteiger partial charge in [-0.25, -0.2) is 4.79 Å². The average Bonchev–Trinajstić information content (AvgIpc) is 2.61. The molecule has 2 rings (SSSR count). The van der Waals surface area contributed by atoms with E-state index in [0.29, 0.717) is 32.2 Å². The van der Waals surface area contributed by atoms with Crippen LogP contribution in [0.4, 0.5) is 4.79 Å². The van der Waals surface area contributed by atoms with Crippen LogP contribution >= 0.6 is 0 Å². The molecule has 1 aliphatic heterocycles. The molecule has 0 spiro atoms. The number of rotatable bonds is 7. The Balaban J connectivity index is 1.78. The van der Waals surface area contributed by atoms with Gasteiger partial charge in [0.2, 0.25) is 0 Å². The van der Waals surface area contributed by atoms with Crippen molar-refractivity contribution in [3.05, 3.63) is 29.8 Å². The van der Waals surface area contributed by atoms with Gasteiger partial charge in [-0.15, -0.1) is 6.42 Å². The van der Waals surface area contributed by atoms with Gasteiger partial charge in [0.15, 0.2) is 0 Å². The Hall–Kier alpha value is -2.19. The van der Waals surface area contributed by atoms with E-state index < -0.39 is 0 Å². The fraction of sp³-hybridized carbons (Fsp3) is 0.550. The molecule has 136 valence electrons. The van der Waals surface area contributed by atoms with E-state index in [4.69, 9.17) is 15.9 Å². The monoisotopic (exact) mass is 344 g/mol. The van der Waals surface area contributed by atoms with Gasteiger partial charge >= 0.3 is 6.03 Å². The van der Waals surface area contributed by atoms with Gasteiger partial charge < -0.3 is 19.7 Å². The minimum absolute atomic E-state index is 0.00271. The minimum atomic E-state index is 0.00271. The second-order valence-electron chi connectivity index (χ2n) is 6.67. The summed E-state index contributed by atoms with van der Waals surface area (Å²) in [5, 5.41) is 3.03. The zero-order valence-electron chi connectivity index (χ0n) is 15.2. The van der Waals surface area contributed by atoms with Gasteiger partial charge in [0.1, 0.15) is 12.4 Å². The Morgan fingerprint density at radius 2 is 2.20 bits per heavy atom. The van der Waals surface area contributed by atoms with Crippen LogP contribution in [-0.2, 0) is 11.2 Å². The molecule has 1 aliphatic rings. The molecule has 0 saturated carbocycles. The molecule has 2 amide bonds. The van der Waals surface area contributed by atoms with Crippen LogP contribution < -0.4 is 10.1 Å². The van der Waals surface area contributed by atoms with Gasteiger partial charge in [-0.05, 0) is 36.5 Å². The number of terminal acetylenes is 1. The van der Waals surface area contributed by atoms with Crippen molar-refractivity contribution in [3.63, 3.8) is 0 Å². The van der Waals surface area contributed by atoms with Gasteiger partial charge in [0, 0.05) is 13.1 Å². The molecule has 1 fully saturated rings. The number of benzene rings is 1. The maximum atomic E-state index is 12.5. The fourth-order valence-electron chi connectivity index (χ4n) is 2.95. The van der Waals surface area contributed by atoms with E-state index in [2.05, 4.69) is 25.1 Å². The van der Waals surface area contributed by atoms with Crippen molar-refractivity contribution in [2.45, 2.75) is 32.7 Å². The van der Waals surface area contributed by atoms with Crippen LogP contribution in [0, 0.1) is 18.3 Å². The summed E-state index contributed by atoms with van der Waals surface area (Å²) in [6.07, 6.45) is 6.91. The maximum Gasteiger partial charge on any atom is 0.317 e. The summed E-state index contributed by atoms with van der Waals surface area (Å²) in [5.74, 6) is 3.74. The Kier molecular flexibility index (Phi) is 7.62. The molecule has 1 atom stereocenters. The van der Waals surface area contributed by atoms with E-state index in [0.717, 1.165) is 24.2 Å². The Bertz CT molecular complexity index is 578. The minimum Gasteiger partial charge on any atom is -0.481 e. The Labute approximate surface area is 150 Å². The van der Waals surface area contributed by atoms with E-state index in [9.17, 15) is 4.79 Å². The molecule has 1 aromatic rings. The second kappa shape index (κ2) is 9.95. The van der Waals surface area contributed by atoms with E-state index in [1.165, 1.54) is 0 Å². The molecule has 1 aromatic carbocycles. The summed E-state index contributed by atoms with van der Waals surface area (Å²) in [5.41, 5.74) is 1.15. The number of carbonyl (C=O) groups excluding carboxylic acids is 1. The molecular weight excluding hydrogens is 316 g/mol. The van der Waals surface area contributed by atoms with Crippen molar-refractivity contribution in [2.24, 2.45) is 5.92 Å². The van der Waals surface area contributed by atoms with Crippen molar-refractivity contribution in [3.8, 4) is 18.1 Å². The molecule has 1 N–H and O–H groups in total. The van der Waals surface area contributed by atoms with E-state index in [1.54, 1.807) is 0 Å². The number of nitrogens with one attached hydrogen (secondary N) is 1. The number of morpholine rings is 1. The SMILES string of the molecule is C#CCOc1ccc(CCNC(=O)N2CCOCC2CC(C)C)cc1. The van der Waals surface area contributed by atoms with E-state index in [1.807, 2.05) is 29.2 Å². The second-order valence-corrected chi connectivity index (χ2v) is 6.67.